The van der Waals surface area contributed by atoms with Gasteiger partial charge in [0.15, 0.2) is 6.61 Å². The molecule has 1 saturated heterocycles. The maximum absolute atomic E-state index is 12.7. The number of thiazole rings is 1. The predicted octanol–water partition coefficient (Wildman–Crippen LogP) is 3.45. The van der Waals surface area contributed by atoms with Crippen molar-refractivity contribution in [3.8, 4) is 16.3 Å². The van der Waals surface area contributed by atoms with Crippen molar-refractivity contribution >= 4 is 34.9 Å². The topological polar surface area (TPSA) is 71.5 Å². The first-order chi connectivity index (χ1) is 15.2. The fraction of sp³-hybridized carbons (Fsp3) is 0.261. The summed E-state index contributed by atoms with van der Waals surface area (Å²) in [6, 6.07) is 18.8. The van der Waals surface area contributed by atoms with E-state index in [1.54, 1.807) is 40.1 Å². The molecule has 1 N–H and O–H groups in total. The Balaban J connectivity index is 1.25. The Morgan fingerprint density at radius 2 is 1.84 bits per heavy atom. The fourth-order valence-corrected chi connectivity index (χ4v) is 5.26. The number of thioether (sulfide) groups is 1. The molecule has 0 saturated carbocycles. The van der Waals surface area contributed by atoms with E-state index in [0.29, 0.717) is 30.3 Å². The van der Waals surface area contributed by atoms with Crippen LogP contribution in [0.1, 0.15) is 5.69 Å². The zero-order valence-corrected chi connectivity index (χ0v) is 18.5. The molecule has 1 atom stereocenters. The SMILES string of the molecule is O=C(NCCc1csc(-c2ccccc2)n1)[C@H]1CSCN1C(=O)COc1ccccc1. The Labute approximate surface area is 189 Å². The summed E-state index contributed by atoms with van der Waals surface area (Å²) in [6.45, 7) is 0.413. The molecule has 1 aromatic heterocycles. The van der Waals surface area contributed by atoms with E-state index in [2.05, 4.69) is 10.3 Å². The summed E-state index contributed by atoms with van der Waals surface area (Å²) in [5, 5.41) is 5.96. The molecule has 1 aliphatic heterocycles. The van der Waals surface area contributed by atoms with Crippen LogP contribution >= 0.6 is 23.1 Å². The number of nitrogens with one attached hydrogen (secondary N) is 1. The van der Waals surface area contributed by atoms with Gasteiger partial charge < -0.3 is 15.0 Å². The van der Waals surface area contributed by atoms with Gasteiger partial charge in [-0.3, -0.25) is 9.59 Å². The molecule has 1 fully saturated rings. The van der Waals surface area contributed by atoms with E-state index in [1.807, 2.05) is 53.9 Å². The lowest BCUT2D eigenvalue weighted by atomic mass is 10.2. The van der Waals surface area contributed by atoms with Crippen molar-refractivity contribution in [2.24, 2.45) is 0 Å². The van der Waals surface area contributed by atoms with Crippen molar-refractivity contribution in [2.45, 2.75) is 12.5 Å². The van der Waals surface area contributed by atoms with Crippen molar-refractivity contribution in [3.63, 3.8) is 0 Å². The second-order valence-corrected chi connectivity index (χ2v) is 8.89. The first-order valence-corrected chi connectivity index (χ1v) is 12.1. The van der Waals surface area contributed by atoms with Crippen LogP contribution in [0.2, 0.25) is 0 Å². The summed E-state index contributed by atoms with van der Waals surface area (Å²) in [5.41, 5.74) is 2.05. The predicted molar refractivity (Wildman–Crippen MR) is 124 cm³/mol. The van der Waals surface area contributed by atoms with Crippen LogP contribution in [-0.2, 0) is 16.0 Å². The number of ether oxygens (including phenoxy) is 1. The summed E-state index contributed by atoms with van der Waals surface area (Å²) < 4.78 is 5.55. The first-order valence-electron chi connectivity index (χ1n) is 10.0. The largest absolute Gasteiger partial charge is 0.484 e. The zero-order chi connectivity index (χ0) is 21.5. The van der Waals surface area contributed by atoms with Crippen molar-refractivity contribution < 1.29 is 14.3 Å². The van der Waals surface area contributed by atoms with Crippen LogP contribution in [0.4, 0.5) is 0 Å². The Hall–Kier alpha value is -2.84. The van der Waals surface area contributed by atoms with Crippen LogP contribution in [0.15, 0.2) is 66.0 Å². The molecular weight excluding hydrogens is 430 g/mol. The molecule has 0 unspecified atom stereocenters. The lowest BCUT2D eigenvalue weighted by Gasteiger charge is -2.23. The highest BCUT2D eigenvalue weighted by molar-refractivity contribution is 7.99. The van der Waals surface area contributed by atoms with E-state index in [-0.39, 0.29) is 18.4 Å². The quantitative estimate of drug-likeness (QED) is 0.566. The van der Waals surface area contributed by atoms with E-state index in [9.17, 15) is 9.59 Å². The van der Waals surface area contributed by atoms with Gasteiger partial charge in [-0.25, -0.2) is 4.98 Å². The van der Waals surface area contributed by atoms with Crippen LogP contribution in [0.3, 0.4) is 0 Å². The summed E-state index contributed by atoms with van der Waals surface area (Å²) in [7, 11) is 0. The third-order valence-corrected chi connectivity index (χ3v) is 6.82. The summed E-state index contributed by atoms with van der Waals surface area (Å²) in [6.07, 6.45) is 0.653. The van der Waals surface area contributed by atoms with Crippen LogP contribution in [0, 0.1) is 0 Å². The number of carbonyl (C=O) groups is 2. The van der Waals surface area contributed by atoms with Crippen molar-refractivity contribution in [2.75, 3.05) is 24.8 Å². The van der Waals surface area contributed by atoms with Crippen LogP contribution < -0.4 is 10.1 Å². The Morgan fingerprint density at radius 3 is 2.61 bits per heavy atom. The highest BCUT2D eigenvalue weighted by atomic mass is 32.2. The summed E-state index contributed by atoms with van der Waals surface area (Å²) in [5.74, 6) is 1.43. The van der Waals surface area contributed by atoms with Crippen molar-refractivity contribution in [1.82, 2.24) is 15.2 Å². The highest BCUT2D eigenvalue weighted by Crippen LogP contribution is 2.24. The molecule has 8 heteroatoms. The number of hydrogen-bond acceptors (Lipinski definition) is 6. The van der Waals surface area contributed by atoms with Gasteiger partial charge in [0.1, 0.15) is 16.8 Å². The van der Waals surface area contributed by atoms with Crippen molar-refractivity contribution in [3.05, 3.63) is 71.7 Å². The number of rotatable bonds is 8. The minimum absolute atomic E-state index is 0.0740. The van der Waals surface area contributed by atoms with Gasteiger partial charge in [-0.05, 0) is 12.1 Å². The molecule has 31 heavy (non-hydrogen) atoms. The monoisotopic (exact) mass is 453 g/mol. The molecule has 160 valence electrons. The second kappa shape index (κ2) is 10.5. The number of nitrogens with zero attached hydrogens (tertiary/aromatic N) is 2. The van der Waals surface area contributed by atoms with Gasteiger partial charge in [0.05, 0.1) is 11.6 Å². The molecule has 0 spiro atoms. The minimum atomic E-state index is -0.466. The van der Waals surface area contributed by atoms with Gasteiger partial charge in [0.25, 0.3) is 5.91 Å². The van der Waals surface area contributed by atoms with Gasteiger partial charge in [0.2, 0.25) is 5.91 Å². The molecule has 2 amide bonds. The Morgan fingerprint density at radius 1 is 1.10 bits per heavy atom. The molecule has 0 aliphatic carbocycles. The normalized spacial score (nSPS) is 15.6. The molecule has 1 aliphatic rings. The van der Waals surface area contributed by atoms with E-state index >= 15 is 0 Å². The molecule has 3 aromatic rings. The summed E-state index contributed by atoms with van der Waals surface area (Å²) in [4.78, 5) is 31.5. The number of carbonyl (C=O) groups excluding carboxylic acids is 2. The number of hydrogen-bond donors (Lipinski definition) is 1. The minimum Gasteiger partial charge on any atom is -0.484 e. The van der Waals surface area contributed by atoms with Gasteiger partial charge in [0, 0.05) is 29.7 Å². The average Bonchev–Trinajstić information content (AvgIpc) is 3.49. The standard InChI is InChI=1S/C23H23N3O3S2/c27-21(13-29-19-9-5-2-6-10-19)26-16-30-15-20(26)22(28)24-12-11-18-14-31-23(25-18)17-7-3-1-4-8-17/h1-10,14,20H,11-13,15-16H2,(H,24,28)/t20-/m1/s1. The third kappa shape index (κ3) is 5.65. The maximum Gasteiger partial charge on any atom is 0.261 e. The van der Waals surface area contributed by atoms with E-state index in [0.717, 1.165) is 16.3 Å². The average molecular weight is 454 g/mol. The van der Waals surface area contributed by atoms with Gasteiger partial charge in [-0.1, -0.05) is 48.5 Å². The molecule has 2 heterocycles. The van der Waals surface area contributed by atoms with E-state index < -0.39 is 6.04 Å². The second-order valence-electron chi connectivity index (χ2n) is 7.03. The van der Waals surface area contributed by atoms with Gasteiger partial charge in [-0.2, -0.15) is 0 Å². The lowest BCUT2D eigenvalue weighted by Crippen LogP contribution is -2.48. The molecular formula is C23H23N3O3S2. The Bertz CT molecular complexity index is 1010. The van der Waals surface area contributed by atoms with Gasteiger partial charge in [-0.15, -0.1) is 23.1 Å². The van der Waals surface area contributed by atoms with Gasteiger partial charge >= 0.3 is 0 Å². The molecule has 2 aromatic carbocycles. The number of benzene rings is 2. The lowest BCUT2D eigenvalue weighted by molar-refractivity contribution is -0.139. The fourth-order valence-electron chi connectivity index (χ4n) is 3.22. The number of aromatic nitrogens is 1. The van der Waals surface area contributed by atoms with Crippen LogP contribution in [0.5, 0.6) is 5.75 Å². The molecule has 6 nitrogen and oxygen atoms in total. The Kier molecular flexibility index (Phi) is 7.22. The van der Waals surface area contributed by atoms with E-state index in [1.165, 1.54) is 0 Å². The van der Waals surface area contributed by atoms with Crippen molar-refractivity contribution in [1.29, 1.82) is 0 Å². The zero-order valence-electron chi connectivity index (χ0n) is 16.9. The van der Waals surface area contributed by atoms with Crippen LogP contribution in [-0.4, -0.2) is 52.5 Å². The number of para-hydroxylation sites is 1. The number of amides is 2. The highest BCUT2D eigenvalue weighted by Gasteiger charge is 2.34. The maximum atomic E-state index is 12.7. The third-order valence-electron chi connectivity index (χ3n) is 4.86. The molecule has 4 rings (SSSR count). The van der Waals surface area contributed by atoms with E-state index in [4.69, 9.17) is 4.74 Å². The summed E-state index contributed by atoms with van der Waals surface area (Å²) >= 11 is 3.18. The molecule has 0 bridgehead atoms. The van der Waals surface area contributed by atoms with Crippen LogP contribution in [0.25, 0.3) is 10.6 Å². The molecule has 0 radical (unpaired) electrons. The smallest absolute Gasteiger partial charge is 0.261 e. The first kappa shape index (κ1) is 21.4.